The number of nitrogen functional groups attached to an aromatic ring is 1. The number of benzene rings is 1. The molecule has 2 unspecified atom stereocenters. The van der Waals surface area contributed by atoms with E-state index < -0.39 is 0 Å². The van der Waals surface area contributed by atoms with Gasteiger partial charge < -0.3 is 15.8 Å². The molecule has 0 aromatic heterocycles. The molecule has 0 bridgehead atoms. The minimum Gasteiger partial charge on any atom is -0.465 e. The maximum atomic E-state index is 11.9. The Morgan fingerprint density at radius 2 is 2.15 bits per heavy atom. The van der Waals surface area contributed by atoms with Gasteiger partial charge in [0.15, 0.2) is 0 Å². The van der Waals surface area contributed by atoms with Gasteiger partial charge in [-0.2, -0.15) is 0 Å². The van der Waals surface area contributed by atoms with Crippen molar-refractivity contribution >= 4 is 17.3 Å². The second-order valence-electron chi connectivity index (χ2n) is 5.46. The number of carbonyl (C=O) groups is 1. The van der Waals surface area contributed by atoms with E-state index in [-0.39, 0.29) is 5.97 Å². The highest BCUT2D eigenvalue weighted by atomic mass is 16.5. The number of nitrogens with two attached hydrogens (primary N) is 1. The normalized spacial score (nSPS) is 22.3. The first-order valence-corrected chi connectivity index (χ1v) is 7.40. The predicted molar refractivity (Wildman–Crippen MR) is 81.9 cm³/mol. The Hall–Kier alpha value is -1.71. The molecule has 1 fully saturated rings. The van der Waals surface area contributed by atoms with Gasteiger partial charge in [-0.15, -0.1) is 0 Å². The van der Waals surface area contributed by atoms with E-state index in [9.17, 15) is 4.79 Å². The van der Waals surface area contributed by atoms with Crippen molar-refractivity contribution in [1.82, 2.24) is 0 Å². The molecule has 4 nitrogen and oxygen atoms in total. The summed E-state index contributed by atoms with van der Waals surface area (Å²) >= 11 is 0. The summed E-state index contributed by atoms with van der Waals surface area (Å²) in [6.45, 7) is 2.22. The van der Waals surface area contributed by atoms with Gasteiger partial charge >= 0.3 is 5.97 Å². The molecule has 0 saturated heterocycles. The van der Waals surface area contributed by atoms with Gasteiger partial charge in [-0.25, -0.2) is 4.79 Å². The quantitative estimate of drug-likeness (QED) is 0.653. The van der Waals surface area contributed by atoms with E-state index in [1.165, 1.54) is 26.4 Å². The van der Waals surface area contributed by atoms with Gasteiger partial charge in [-0.1, -0.05) is 32.3 Å². The molecular formula is C16H24N2O2. The summed E-state index contributed by atoms with van der Waals surface area (Å²) in [7, 11) is 1.39. The standard InChI is InChI=1S/C16H24N2O2/c1-3-11-7-4-5-10-14(11)18-15-12(16(19)20-2)8-6-9-13(15)17/h6,8-9,11,14,18H,3-5,7,10,17H2,1-2H3. The van der Waals surface area contributed by atoms with Crippen LogP contribution in [-0.2, 0) is 4.74 Å². The number of para-hydroxylation sites is 1. The highest BCUT2D eigenvalue weighted by molar-refractivity contribution is 5.98. The zero-order valence-corrected chi connectivity index (χ0v) is 12.3. The lowest BCUT2D eigenvalue weighted by Gasteiger charge is -2.33. The molecule has 3 N–H and O–H groups in total. The molecule has 0 radical (unpaired) electrons. The maximum Gasteiger partial charge on any atom is 0.340 e. The molecule has 110 valence electrons. The van der Waals surface area contributed by atoms with E-state index in [4.69, 9.17) is 10.5 Å². The van der Waals surface area contributed by atoms with Crippen molar-refractivity contribution in [3.05, 3.63) is 23.8 Å². The Kier molecular flexibility index (Phi) is 4.88. The zero-order valence-electron chi connectivity index (χ0n) is 12.3. The van der Waals surface area contributed by atoms with Gasteiger partial charge in [0, 0.05) is 6.04 Å². The van der Waals surface area contributed by atoms with E-state index >= 15 is 0 Å². The fourth-order valence-electron chi connectivity index (χ4n) is 3.08. The van der Waals surface area contributed by atoms with Crippen molar-refractivity contribution in [2.75, 3.05) is 18.2 Å². The van der Waals surface area contributed by atoms with E-state index in [2.05, 4.69) is 12.2 Å². The fourth-order valence-corrected chi connectivity index (χ4v) is 3.08. The monoisotopic (exact) mass is 276 g/mol. The molecule has 0 aliphatic heterocycles. The van der Waals surface area contributed by atoms with Crippen LogP contribution in [0.25, 0.3) is 0 Å². The number of ether oxygens (including phenoxy) is 1. The molecular weight excluding hydrogens is 252 g/mol. The lowest BCUT2D eigenvalue weighted by molar-refractivity contribution is 0.0601. The van der Waals surface area contributed by atoms with E-state index in [1.807, 2.05) is 6.07 Å². The van der Waals surface area contributed by atoms with Crippen LogP contribution in [0, 0.1) is 5.92 Å². The summed E-state index contributed by atoms with van der Waals surface area (Å²) in [5.74, 6) is 0.303. The molecule has 0 amide bonds. The minimum atomic E-state index is -0.344. The Bertz CT molecular complexity index is 474. The van der Waals surface area contributed by atoms with Crippen LogP contribution in [0.1, 0.15) is 49.4 Å². The lowest BCUT2D eigenvalue weighted by Crippen LogP contribution is -2.32. The highest BCUT2D eigenvalue weighted by Crippen LogP contribution is 2.32. The van der Waals surface area contributed by atoms with E-state index in [0.717, 1.165) is 18.5 Å². The fraction of sp³-hybridized carbons (Fsp3) is 0.562. The number of carbonyl (C=O) groups excluding carboxylic acids is 1. The zero-order chi connectivity index (χ0) is 14.5. The first-order valence-electron chi connectivity index (χ1n) is 7.40. The maximum absolute atomic E-state index is 11.9. The van der Waals surface area contributed by atoms with Crippen LogP contribution in [0.4, 0.5) is 11.4 Å². The molecule has 1 aromatic rings. The molecule has 20 heavy (non-hydrogen) atoms. The Morgan fingerprint density at radius 3 is 2.85 bits per heavy atom. The molecule has 1 aromatic carbocycles. The first-order chi connectivity index (χ1) is 9.67. The molecule has 2 atom stereocenters. The van der Waals surface area contributed by atoms with Crippen LogP contribution in [0.15, 0.2) is 18.2 Å². The van der Waals surface area contributed by atoms with Crippen molar-refractivity contribution in [3.8, 4) is 0 Å². The SMILES string of the molecule is CCC1CCCCC1Nc1c(N)cccc1C(=O)OC. The second-order valence-corrected chi connectivity index (χ2v) is 5.46. The van der Waals surface area contributed by atoms with Crippen LogP contribution >= 0.6 is 0 Å². The molecule has 0 heterocycles. The van der Waals surface area contributed by atoms with Crippen LogP contribution in [0.3, 0.4) is 0 Å². The number of hydrogen-bond donors (Lipinski definition) is 2. The van der Waals surface area contributed by atoms with Crippen molar-refractivity contribution < 1.29 is 9.53 Å². The van der Waals surface area contributed by atoms with E-state index in [1.54, 1.807) is 12.1 Å². The molecule has 1 aliphatic carbocycles. The van der Waals surface area contributed by atoms with Crippen LogP contribution in [0.2, 0.25) is 0 Å². The summed E-state index contributed by atoms with van der Waals surface area (Å²) in [5, 5.41) is 3.51. The molecule has 4 heteroatoms. The average Bonchev–Trinajstić information content (AvgIpc) is 2.49. The first kappa shape index (κ1) is 14.7. The summed E-state index contributed by atoms with van der Waals surface area (Å²) in [4.78, 5) is 11.9. The largest absolute Gasteiger partial charge is 0.465 e. The summed E-state index contributed by atoms with van der Waals surface area (Å²) in [5.41, 5.74) is 7.90. The Balaban J connectivity index is 2.25. The number of hydrogen-bond acceptors (Lipinski definition) is 4. The van der Waals surface area contributed by atoms with E-state index in [0.29, 0.717) is 23.2 Å². The van der Waals surface area contributed by atoms with Gasteiger partial charge in [0.05, 0.1) is 24.0 Å². The summed E-state index contributed by atoms with van der Waals surface area (Å²) in [6.07, 6.45) is 6.05. The number of methoxy groups -OCH3 is 1. The smallest absolute Gasteiger partial charge is 0.340 e. The third kappa shape index (κ3) is 3.06. The molecule has 1 saturated carbocycles. The number of esters is 1. The summed E-state index contributed by atoms with van der Waals surface area (Å²) < 4.78 is 4.84. The van der Waals surface area contributed by atoms with Gasteiger partial charge in [-0.05, 0) is 30.9 Å². The molecule has 2 rings (SSSR count). The van der Waals surface area contributed by atoms with Gasteiger partial charge in [-0.3, -0.25) is 0 Å². The minimum absolute atomic E-state index is 0.344. The molecule has 0 spiro atoms. The third-order valence-corrected chi connectivity index (χ3v) is 4.27. The third-order valence-electron chi connectivity index (χ3n) is 4.27. The Labute approximate surface area is 120 Å². The number of anilines is 2. The average molecular weight is 276 g/mol. The van der Waals surface area contributed by atoms with Crippen molar-refractivity contribution in [2.45, 2.75) is 45.1 Å². The van der Waals surface area contributed by atoms with Crippen LogP contribution in [0.5, 0.6) is 0 Å². The topological polar surface area (TPSA) is 64.3 Å². The van der Waals surface area contributed by atoms with Crippen molar-refractivity contribution in [1.29, 1.82) is 0 Å². The second kappa shape index (κ2) is 6.64. The van der Waals surface area contributed by atoms with Gasteiger partial charge in [0.1, 0.15) is 0 Å². The van der Waals surface area contributed by atoms with Crippen LogP contribution < -0.4 is 11.1 Å². The number of nitrogens with one attached hydrogen (secondary N) is 1. The van der Waals surface area contributed by atoms with Gasteiger partial charge in [0.25, 0.3) is 0 Å². The van der Waals surface area contributed by atoms with Crippen molar-refractivity contribution in [2.24, 2.45) is 5.92 Å². The highest BCUT2D eigenvalue weighted by Gasteiger charge is 2.25. The molecule has 1 aliphatic rings. The summed E-state index contributed by atoms with van der Waals surface area (Å²) in [6, 6.07) is 5.75. The predicted octanol–water partition coefficient (Wildman–Crippen LogP) is 3.44. The van der Waals surface area contributed by atoms with Gasteiger partial charge in [0.2, 0.25) is 0 Å². The lowest BCUT2D eigenvalue weighted by atomic mass is 9.82. The number of rotatable bonds is 4. The Morgan fingerprint density at radius 1 is 1.40 bits per heavy atom. The van der Waals surface area contributed by atoms with Crippen molar-refractivity contribution in [3.63, 3.8) is 0 Å². The van der Waals surface area contributed by atoms with Crippen LogP contribution in [-0.4, -0.2) is 19.1 Å².